The number of rotatable bonds is 0. The molecule has 1 unspecified atom stereocenters. The van der Waals surface area contributed by atoms with E-state index in [2.05, 4.69) is 18.8 Å². The first-order valence-corrected chi connectivity index (χ1v) is 7.50. The second-order valence-electron chi connectivity index (χ2n) is 6.38. The predicted molar refractivity (Wildman–Crippen MR) is 79.4 cm³/mol. The molecule has 0 bridgehead atoms. The number of ketones is 1. The van der Waals surface area contributed by atoms with Crippen LogP contribution in [0.15, 0.2) is 29.3 Å². The van der Waals surface area contributed by atoms with Gasteiger partial charge in [0.2, 0.25) is 0 Å². The molecule has 1 saturated heterocycles. The molecule has 98 valence electrons. The summed E-state index contributed by atoms with van der Waals surface area (Å²) in [5.41, 5.74) is -1.21. The molecular weight excluding hydrogens is 242 g/mol. The Morgan fingerprint density at radius 3 is 2.56 bits per heavy atom. The molecule has 3 heteroatoms. The van der Waals surface area contributed by atoms with Gasteiger partial charge in [-0.05, 0) is 12.2 Å². The maximum absolute atomic E-state index is 13.0. The SMILES string of the molecule is CC1(C)CSCC(C)(C)C2(C=CC=CC=N2)C1=O. The highest BCUT2D eigenvalue weighted by Crippen LogP contribution is 2.47. The zero-order valence-electron chi connectivity index (χ0n) is 11.6. The fourth-order valence-corrected chi connectivity index (χ4v) is 4.08. The second kappa shape index (κ2) is 4.37. The molecule has 2 heterocycles. The third-order valence-electron chi connectivity index (χ3n) is 3.84. The molecule has 1 spiro atoms. The van der Waals surface area contributed by atoms with Crippen LogP contribution in [0.3, 0.4) is 0 Å². The van der Waals surface area contributed by atoms with Gasteiger partial charge in [-0.1, -0.05) is 39.8 Å². The van der Waals surface area contributed by atoms with Crippen molar-refractivity contribution in [3.63, 3.8) is 0 Å². The van der Waals surface area contributed by atoms with Gasteiger partial charge in [0, 0.05) is 28.6 Å². The van der Waals surface area contributed by atoms with E-state index in [0.29, 0.717) is 0 Å². The third-order valence-corrected chi connectivity index (χ3v) is 5.69. The Morgan fingerprint density at radius 2 is 1.83 bits per heavy atom. The number of Topliss-reactive ketones (excluding diaryl/α,β-unsaturated/α-hetero) is 1. The molecule has 0 aromatic rings. The smallest absolute Gasteiger partial charge is 0.171 e. The van der Waals surface area contributed by atoms with E-state index in [1.165, 1.54) is 0 Å². The van der Waals surface area contributed by atoms with Gasteiger partial charge in [0.1, 0.15) is 5.54 Å². The molecule has 1 fully saturated rings. The molecule has 1 atom stereocenters. The topological polar surface area (TPSA) is 29.4 Å². The molecule has 0 amide bonds. The maximum Gasteiger partial charge on any atom is 0.171 e. The van der Waals surface area contributed by atoms with Gasteiger partial charge in [-0.15, -0.1) is 0 Å². The van der Waals surface area contributed by atoms with Crippen LogP contribution in [0.4, 0.5) is 0 Å². The van der Waals surface area contributed by atoms with E-state index in [1.807, 2.05) is 49.9 Å². The van der Waals surface area contributed by atoms with E-state index in [1.54, 1.807) is 6.21 Å². The Labute approximate surface area is 114 Å². The van der Waals surface area contributed by atoms with E-state index < -0.39 is 5.54 Å². The molecular formula is C15H21NOS. The van der Waals surface area contributed by atoms with Gasteiger partial charge in [0.15, 0.2) is 5.78 Å². The molecule has 0 saturated carbocycles. The Balaban J connectivity index is 2.60. The van der Waals surface area contributed by atoms with E-state index in [4.69, 9.17) is 0 Å². The van der Waals surface area contributed by atoms with E-state index in [0.717, 1.165) is 11.5 Å². The van der Waals surface area contributed by atoms with Crippen LogP contribution in [0.25, 0.3) is 0 Å². The molecule has 0 N–H and O–H groups in total. The van der Waals surface area contributed by atoms with Gasteiger partial charge in [-0.3, -0.25) is 9.79 Å². The highest BCUT2D eigenvalue weighted by Gasteiger charge is 2.55. The average molecular weight is 263 g/mol. The van der Waals surface area contributed by atoms with Crippen LogP contribution < -0.4 is 0 Å². The highest BCUT2D eigenvalue weighted by molar-refractivity contribution is 7.99. The van der Waals surface area contributed by atoms with Gasteiger partial charge in [0.25, 0.3) is 0 Å². The van der Waals surface area contributed by atoms with Crippen molar-refractivity contribution in [2.45, 2.75) is 33.2 Å². The summed E-state index contributed by atoms with van der Waals surface area (Å²) in [5, 5.41) is 0. The van der Waals surface area contributed by atoms with Crippen LogP contribution in [0.1, 0.15) is 27.7 Å². The number of allylic oxidation sites excluding steroid dienone is 3. The summed E-state index contributed by atoms with van der Waals surface area (Å²) in [6.07, 6.45) is 9.54. The van der Waals surface area contributed by atoms with Crippen molar-refractivity contribution in [1.82, 2.24) is 0 Å². The number of carbonyl (C=O) groups is 1. The van der Waals surface area contributed by atoms with Crippen LogP contribution >= 0.6 is 11.8 Å². The molecule has 2 aliphatic rings. The molecule has 0 radical (unpaired) electrons. The van der Waals surface area contributed by atoms with Crippen LogP contribution in [-0.2, 0) is 4.79 Å². The van der Waals surface area contributed by atoms with Crippen molar-refractivity contribution in [3.05, 3.63) is 24.3 Å². The number of hydrogen-bond donors (Lipinski definition) is 0. The second-order valence-corrected chi connectivity index (χ2v) is 7.36. The lowest BCUT2D eigenvalue weighted by molar-refractivity contribution is -0.132. The lowest BCUT2D eigenvalue weighted by Gasteiger charge is -2.41. The van der Waals surface area contributed by atoms with Gasteiger partial charge in [-0.25, -0.2) is 0 Å². The van der Waals surface area contributed by atoms with E-state index in [9.17, 15) is 4.79 Å². The fraction of sp³-hybridized carbons (Fsp3) is 0.600. The van der Waals surface area contributed by atoms with Gasteiger partial charge < -0.3 is 0 Å². The number of hydrogen-bond acceptors (Lipinski definition) is 3. The summed E-state index contributed by atoms with van der Waals surface area (Å²) in [6.45, 7) is 8.36. The molecule has 2 nitrogen and oxygen atoms in total. The first-order chi connectivity index (χ1) is 8.32. The van der Waals surface area contributed by atoms with E-state index >= 15 is 0 Å². The number of aliphatic imine (C=N–C) groups is 1. The van der Waals surface area contributed by atoms with Crippen LogP contribution in [-0.4, -0.2) is 29.0 Å². The van der Waals surface area contributed by atoms with Crippen LogP contribution in [0, 0.1) is 10.8 Å². The van der Waals surface area contributed by atoms with Crippen molar-refractivity contribution in [2.75, 3.05) is 11.5 Å². The lowest BCUT2D eigenvalue weighted by atomic mass is 9.65. The summed E-state index contributed by atoms with van der Waals surface area (Å²) < 4.78 is 0. The Bertz CT molecular complexity index is 427. The van der Waals surface area contributed by atoms with Crippen molar-refractivity contribution in [2.24, 2.45) is 15.8 Å². The summed E-state index contributed by atoms with van der Waals surface area (Å²) in [6, 6.07) is 0. The largest absolute Gasteiger partial charge is 0.296 e. The lowest BCUT2D eigenvalue weighted by Crippen LogP contribution is -2.53. The first kappa shape index (κ1) is 13.6. The van der Waals surface area contributed by atoms with Crippen LogP contribution in [0.5, 0.6) is 0 Å². The molecule has 0 aromatic carbocycles. The summed E-state index contributed by atoms with van der Waals surface area (Å²) in [7, 11) is 0. The zero-order chi connectivity index (χ0) is 13.4. The fourth-order valence-electron chi connectivity index (χ4n) is 2.61. The van der Waals surface area contributed by atoms with Gasteiger partial charge in [0.05, 0.1) is 0 Å². The van der Waals surface area contributed by atoms with Crippen molar-refractivity contribution in [3.8, 4) is 0 Å². The predicted octanol–water partition coefficient (Wildman–Crippen LogP) is 3.29. The summed E-state index contributed by atoms with van der Waals surface area (Å²) >= 11 is 1.86. The standard InChI is InChI=1S/C15H21NOS/c1-13(2)10-18-11-14(3,4)15(12(13)17)8-6-5-7-9-16-15/h5-9H,10-11H2,1-4H3. The average Bonchev–Trinajstić information content (AvgIpc) is 2.55. The molecule has 18 heavy (non-hydrogen) atoms. The maximum atomic E-state index is 13.0. The quantitative estimate of drug-likeness (QED) is 0.671. The molecule has 2 rings (SSSR count). The number of carbonyl (C=O) groups excluding carboxylic acids is 1. The minimum absolute atomic E-state index is 0.165. The Morgan fingerprint density at radius 1 is 1.11 bits per heavy atom. The van der Waals surface area contributed by atoms with Crippen molar-refractivity contribution in [1.29, 1.82) is 0 Å². The van der Waals surface area contributed by atoms with Crippen molar-refractivity contribution >= 4 is 23.8 Å². The summed E-state index contributed by atoms with van der Waals surface area (Å²) in [4.78, 5) is 17.6. The molecule has 0 aromatic heterocycles. The number of nitrogens with zero attached hydrogens (tertiary/aromatic N) is 1. The summed E-state index contributed by atoms with van der Waals surface area (Å²) in [5.74, 6) is 2.05. The third kappa shape index (κ3) is 1.99. The monoisotopic (exact) mass is 263 g/mol. The highest BCUT2D eigenvalue weighted by atomic mass is 32.2. The zero-order valence-corrected chi connectivity index (χ0v) is 12.4. The van der Waals surface area contributed by atoms with Crippen molar-refractivity contribution < 1.29 is 4.79 Å². The Kier molecular flexibility index (Phi) is 3.30. The minimum atomic E-state index is -0.719. The van der Waals surface area contributed by atoms with Crippen LogP contribution in [0.2, 0.25) is 0 Å². The van der Waals surface area contributed by atoms with E-state index in [-0.39, 0.29) is 16.6 Å². The van der Waals surface area contributed by atoms with Gasteiger partial charge >= 0.3 is 0 Å². The molecule has 2 aliphatic heterocycles. The molecule has 0 aliphatic carbocycles. The van der Waals surface area contributed by atoms with Gasteiger partial charge in [-0.2, -0.15) is 11.8 Å². The normalized spacial score (nSPS) is 33.4. The minimum Gasteiger partial charge on any atom is -0.296 e. The first-order valence-electron chi connectivity index (χ1n) is 6.34. The number of thioether (sulfide) groups is 1. The Hall–Kier alpha value is -0.830.